The largest absolute Gasteiger partial charge is 0.508 e. The number of phenols is 1. The normalized spacial score (nSPS) is 10.8. The lowest BCUT2D eigenvalue weighted by atomic mass is 9.92. The first-order chi connectivity index (χ1) is 11.5. The average Bonchev–Trinajstić information content (AvgIpc) is 2.56. The SMILES string of the molecule is COc1ccnc2c(-c3cccc(O)c3C)c(N)c(C(N)=O)cc12. The number of nitrogens with two attached hydrogens (primary N) is 2. The molecule has 122 valence electrons. The molecule has 24 heavy (non-hydrogen) atoms. The lowest BCUT2D eigenvalue weighted by Gasteiger charge is -2.16. The molecule has 0 atom stereocenters. The topological polar surface area (TPSA) is 111 Å². The quantitative estimate of drug-likeness (QED) is 0.641. The number of nitrogen functional groups attached to an aromatic ring is 1. The van der Waals surface area contributed by atoms with Gasteiger partial charge in [-0.2, -0.15) is 0 Å². The van der Waals surface area contributed by atoms with E-state index in [2.05, 4.69) is 4.98 Å². The second kappa shape index (κ2) is 5.73. The van der Waals surface area contributed by atoms with Crippen LogP contribution in [0.15, 0.2) is 36.5 Å². The third-order valence-corrected chi connectivity index (χ3v) is 4.10. The fourth-order valence-electron chi connectivity index (χ4n) is 2.83. The number of methoxy groups -OCH3 is 1. The smallest absolute Gasteiger partial charge is 0.250 e. The summed E-state index contributed by atoms with van der Waals surface area (Å²) in [5, 5.41) is 10.7. The number of phenolic OH excluding ortho intramolecular Hbond substituents is 1. The molecule has 1 aromatic heterocycles. The van der Waals surface area contributed by atoms with E-state index in [1.165, 1.54) is 7.11 Å². The molecule has 3 rings (SSSR count). The zero-order valence-electron chi connectivity index (χ0n) is 13.3. The molecular weight excluding hydrogens is 306 g/mol. The van der Waals surface area contributed by atoms with Crippen molar-refractivity contribution in [3.8, 4) is 22.6 Å². The van der Waals surface area contributed by atoms with Crippen LogP contribution in [-0.2, 0) is 0 Å². The Labute approximate surface area is 138 Å². The average molecular weight is 323 g/mol. The third kappa shape index (κ3) is 2.28. The van der Waals surface area contributed by atoms with Crippen LogP contribution in [0.4, 0.5) is 5.69 Å². The Morgan fingerprint density at radius 2 is 2.04 bits per heavy atom. The minimum atomic E-state index is -0.639. The van der Waals surface area contributed by atoms with Crippen LogP contribution in [0.2, 0.25) is 0 Å². The molecule has 0 saturated heterocycles. The summed E-state index contributed by atoms with van der Waals surface area (Å²) in [5.41, 5.74) is 14.6. The van der Waals surface area contributed by atoms with Crippen molar-refractivity contribution in [3.63, 3.8) is 0 Å². The van der Waals surface area contributed by atoms with Crippen molar-refractivity contribution < 1.29 is 14.6 Å². The number of primary amides is 1. The molecule has 0 bridgehead atoms. The van der Waals surface area contributed by atoms with E-state index in [1.807, 2.05) is 6.07 Å². The molecule has 0 spiro atoms. The highest BCUT2D eigenvalue weighted by atomic mass is 16.5. The molecular formula is C18H17N3O3. The van der Waals surface area contributed by atoms with Crippen LogP contribution < -0.4 is 16.2 Å². The Morgan fingerprint density at radius 3 is 2.71 bits per heavy atom. The van der Waals surface area contributed by atoms with Gasteiger partial charge < -0.3 is 21.3 Å². The van der Waals surface area contributed by atoms with Crippen LogP contribution >= 0.6 is 0 Å². The minimum Gasteiger partial charge on any atom is -0.508 e. The van der Waals surface area contributed by atoms with Crippen molar-refractivity contribution >= 4 is 22.5 Å². The number of pyridine rings is 1. The standard InChI is InChI=1S/C18H17N3O3/c1-9-10(4-3-5-13(9)22)15-16(19)12(18(20)23)8-11-14(24-2)6-7-21-17(11)15/h3-8,22H,19H2,1-2H3,(H2,20,23). The van der Waals surface area contributed by atoms with Crippen molar-refractivity contribution in [1.82, 2.24) is 4.98 Å². The van der Waals surface area contributed by atoms with Gasteiger partial charge in [0, 0.05) is 17.1 Å². The number of nitrogens with zero attached hydrogens (tertiary/aromatic N) is 1. The highest BCUT2D eigenvalue weighted by Gasteiger charge is 2.20. The van der Waals surface area contributed by atoms with E-state index in [-0.39, 0.29) is 17.0 Å². The maximum Gasteiger partial charge on any atom is 0.250 e. The summed E-state index contributed by atoms with van der Waals surface area (Å²) in [7, 11) is 1.54. The number of aromatic hydroxyl groups is 1. The zero-order valence-corrected chi connectivity index (χ0v) is 13.3. The van der Waals surface area contributed by atoms with Gasteiger partial charge in [0.15, 0.2) is 0 Å². The molecule has 0 fully saturated rings. The van der Waals surface area contributed by atoms with Crippen LogP contribution in [0.1, 0.15) is 15.9 Å². The Hall–Kier alpha value is -3.28. The fraction of sp³-hybridized carbons (Fsp3) is 0.111. The molecule has 0 aliphatic heterocycles. The summed E-state index contributed by atoms with van der Waals surface area (Å²) in [6.45, 7) is 1.77. The van der Waals surface area contributed by atoms with Crippen LogP contribution in [-0.4, -0.2) is 23.1 Å². The molecule has 0 unspecified atom stereocenters. The number of carbonyl (C=O) groups is 1. The monoisotopic (exact) mass is 323 g/mol. The lowest BCUT2D eigenvalue weighted by molar-refractivity contribution is 0.100. The molecule has 0 saturated carbocycles. The van der Waals surface area contributed by atoms with Gasteiger partial charge in [0.25, 0.3) is 5.91 Å². The number of carbonyl (C=O) groups excluding carboxylic acids is 1. The van der Waals surface area contributed by atoms with Crippen LogP contribution in [0, 0.1) is 6.92 Å². The number of amides is 1. The molecule has 0 aliphatic carbocycles. The van der Waals surface area contributed by atoms with E-state index in [0.29, 0.717) is 33.3 Å². The maximum atomic E-state index is 11.8. The molecule has 0 aliphatic rings. The summed E-state index contributed by atoms with van der Waals surface area (Å²) in [4.78, 5) is 16.2. The van der Waals surface area contributed by atoms with Gasteiger partial charge in [0.05, 0.1) is 23.9 Å². The number of hydrogen-bond donors (Lipinski definition) is 3. The van der Waals surface area contributed by atoms with E-state index in [1.54, 1.807) is 37.4 Å². The highest BCUT2D eigenvalue weighted by molar-refractivity contribution is 6.12. The van der Waals surface area contributed by atoms with Crippen molar-refractivity contribution in [2.24, 2.45) is 5.73 Å². The van der Waals surface area contributed by atoms with Gasteiger partial charge in [-0.3, -0.25) is 9.78 Å². The lowest BCUT2D eigenvalue weighted by Crippen LogP contribution is -2.14. The Morgan fingerprint density at radius 1 is 1.29 bits per heavy atom. The van der Waals surface area contributed by atoms with E-state index in [9.17, 15) is 9.90 Å². The van der Waals surface area contributed by atoms with Crippen LogP contribution in [0.25, 0.3) is 22.0 Å². The minimum absolute atomic E-state index is 0.132. The van der Waals surface area contributed by atoms with E-state index in [4.69, 9.17) is 16.2 Å². The number of aromatic nitrogens is 1. The molecule has 1 heterocycles. The van der Waals surface area contributed by atoms with Gasteiger partial charge in [-0.25, -0.2) is 0 Å². The number of hydrogen-bond acceptors (Lipinski definition) is 5. The number of rotatable bonds is 3. The predicted octanol–water partition coefficient (Wildman–Crippen LogP) is 2.61. The Balaban J connectivity index is 2.52. The molecule has 5 N–H and O–H groups in total. The summed E-state index contributed by atoms with van der Waals surface area (Å²) >= 11 is 0. The van der Waals surface area contributed by atoms with Gasteiger partial charge in [-0.15, -0.1) is 0 Å². The summed E-state index contributed by atoms with van der Waals surface area (Å²) in [6, 6.07) is 8.39. The van der Waals surface area contributed by atoms with Crippen LogP contribution in [0.5, 0.6) is 11.5 Å². The highest BCUT2D eigenvalue weighted by Crippen LogP contribution is 2.41. The van der Waals surface area contributed by atoms with Crippen LogP contribution in [0.3, 0.4) is 0 Å². The first kappa shape index (κ1) is 15.6. The van der Waals surface area contributed by atoms with Crippen molar-refractivity contribution in [3.05, 3.63) is 47.7 Å². The third-order valence-electron chi connectivity index (χ3n) is 4.10. The summed E-state index contributed by atoms with van der Waals surface area (Å²) in [6.07, 6.45) is 1.60. The van der Waals surface area contributed by atoms with Gasteiger partial charge in [0.2, 0.25) is 0 Å². The van der Waals surface area contributed by atoms with Crippen molar-refractivity contribution in [1.29, 1.82) is 0 Å². The number of ether oxygens (including phenoxy) is 1. The molecule has 0 radical (unpaired) electrons. The van der Waals surface area contributed by atoms with E-state index < -0.39 is 5.91 Å². The molecule has 2 aromatic carbocycles. The predicted molar refractivity (Wildman–Crippen MR) is 93.1 cm³/mol. The zero-order chi connectivity index (χ0) is 17.4. The summed E-state index contributed by atoms with van der Waals surface area (Å²) < 4.78 is 5.36. The Kier molecular flexibility index (Phi) is 3.73. The van der Waals surface area contributed by atoms with Gasteiger partial charge >= 0.3 is 0 Å². The van der Waals surface area contributed by atoms with E-state index >= 15 is 0 Å². The van der Waals surface area contributed by atoms with E-state index in [0.717, 1.165) is 0 Å². The molecule has 1 amide bonds. The number of anilines is 1. The first-order valence-corrected chi connectivity index (χ1v) is 7.29. The van der Waals surface area contributed by atoms with Crippen molar-refractivity contribution in [2.75, 3.05) is 12.8 Å². The maximum absolute atomic E-state index is 11.8. The number of fused-ring (bicyclic) bond motifs is 1. The van der Waals surface area contributed by atoms with Gasteiger partial charge in [0.1, 0.15) is 11.5 Å². The van der Waals surface area contributed by atoms with Crippen molar-refractivity contribution in [2.45, 2.75) is 6.92 Å². The second-order valence-corrected chi connectivity index (χ2v) is 5.44. The van der Waals surface area contributed by atoms with Gasteiger partial charge in [-0.05, 0) is 36.2 Å². The number of benzene rings is 2. The second-order valence-electron chi connectivity index (χ2n) is 5.44. The Bertz CT molecular complexity index is 967. The fourth-order valence-corrected chi connectivity index (χ4v) is 2.83. The molecule has 3 aromatic rings. The first-order valence-electron chi connectivity index (χ1n) is 7.29. The molecule has 6 heteroatoms. The van der Waals surface area contributed by atoms with Gasteiger partial charge in [-0.1, -0.05) is 12.1 Å². The summed E-state index contributed by atoms with van der Waals surface area (Å²) in [5.74, 6) is 0.0494. The molecule has 6 nitrogen and oxygen atoms in total.